The summed E-state index contributed by atoms with van der Waals surface area (Å²) in [6.45, 7) is 8.57. The second kappa shape index (κ2) is 4.82. The minimum Gasteiger partial charge on any atom is -0.481 e. The molecular weight excluding hydrogens is 270 g/mol. The molecule has 1 N–H and O–H groups in total. The number of carbonyl (C=O) groups excluding carboxylic acids is 2. The normalized spacial score (nSPS) is 30.0. The Bertz CT molecular complexity index is 471. The van der Waals surface area contributed by atoms with E-state index >= 15 is 0 Å². The predicted molar refractivity (Wildman–Crippen MR) is 77.3 cm³/mol. The Kier molecular flexibility index (Phi) is 3.67. The van der Waals surface area contributed by atoms with Crippen molar-refractivity contribution in [1.82, 2.24) is 4.90 Å². The minimum atomic E-state index is -1.19. The molecule has 0 aromatic rings. The molecule has 2 rings (SSSR count). The molecule has 21 heavy (non-hydrogen) atoms. The van der Waals surface area contributed by atoms with Crippen LogP contribution in [0, 0.1) is 23.2 Å². The molecule has 5 nitrogen and oxygen atoms in total. The third kappa shape index (κ3) is 2.09. The zero-order chi connectivity index (χ0) is 16.2. The number of amides is 2. The fourth-order valence-corrected chi connectivity index (χ4v) is 3.55. The van der Waals surface area contributed by atoms with Gasteiger partial charge in [-0.25, -0.2) is 0 Å². The number of carboxylic acid groups (broad SMARTS) is 1. The van der Waals surface area contributed by atoms with E-state index in [2.05, 4.69) is 6.92 Å². The lowest BCUT2D eigenvalue weighted by Crippen LogP contribution is -2.59. The van der Waals surface area contributed by atoms with Crippen LogP contribution in [0.5, 0.6) is 0 Å². The van der Waals surface area contributed by atoms with Crippen molar-refractivity contribution in [3.8, 4) is 0 Å². The van der Waals surface area contributed by atoms with Crippen molar-refractivity contribution in [1.29, 1.82) is 0 Å². The summed E-state index contributed by atoms with van der Waals surface area (Å²) in [7, 11) is 0. The van der Waals surface area contributed by atoms with Gasteiger partial charge in [0.15, 0.2) is 0 Å². The van der Waals surface area contributed by atoms with Gasteiger partial charge in [0, 0.05) is 0 Å². The second-order valence-electron chi connectivity index (χ2n) is 7.46. The molecule has 2 amide bonds. The monoisotopic (exact) mass is 295 g/mol. The van der Waals surface area contributed by atoms with Gasteiger partial charge in [0.2, 0.25) is 11.8 Å². The van der Waals surface area contributed by atoms with Crippen LogP contribution in [0.2, 0.25) is 0 Å². The Hall–Kier alpha value is -1.39. The minimum absolute atomic E-state index is 0.180. The van der Waals surface area contributed by atoms with Gasteiger partial charge >= 0.3 is 5.97 Å². The molecule has 1 heterocycles. The number of carbonyl (C=O) groups is 3. The molecule has 1 aliphatic carbocycles. The van der Waals surface area contributed by atoms with Gasteiger partial charge in [-0.05, 0) is 46.5 Å². The molecule has 2 aliphatic rings. The van der Waals surface area contributed by atoms with Crippen molar-refractivity contribution in [3.63, 3.8) is 0 Å². The molecule has 0 radical (unpaired) electrons. The Morgan fingerprint density at radius 3 is 1.90 bits per heavy atom. The zero-order valence-electron chi connectivity index (χ0n) is 13.5. The van der Waals surface area contributed by atoms with Crippen molar-refractivity contribution < 1.29 is 19.5 Å². The van der Waals surface area contributed by atoms with Crippen LogP contribution >= 0.6 is 0 Å². The van der Waals surface area contributed by atoms with E-state index in [1.807, 2.05) is 0 Å². The van der Waals surface area contributed by atoms with Gasteiger partial charge in [-0.3, -0.25) is 19.3 Å². The maximum Gasteiger partial charge on any atom is 0.311 e. The molecule has 0 spiro atoms. The average molecular weight is 295 g/mol. The van der Waals surface area contributed by atoms with Crippen LogP contribution < -0.4 is 0 Å². The van der Waals surface area contributed by atoms with Gasteiger partial charge in [0.05, 0.1) is 22.8 Å². The lowest BCUT2D eigenvalue weighted by molar-refractivity contribution is -0.163. The fourth-order valence-electron chi connectivity index (χ4n) is 3.55. The standard InChI is InChI=1S/C16H25NO4/c1-6-9-7-10-11(8-9)13(19)17(12(10)18)16(4,5)15(2,3)14(20)21/h9-11H,6-8H2,1-5H3,(H,20,21). The number of rotatable bonds is 4. The third-order valence-corrected chi connectivity index (χ3v) is 5.94. The molecule has 2 unspecified atom stereocenters. The van der Waals surface area contributed by atoms with Gasteiger partial charge < -0.3 is 5.11 Å². The smallest absolute Gasteiger partial charge is 0.311 e. The first-order chi connectivity index (χ1) is 9.55. The zero-order valence-corrected chi connectivity index (χ0v) is 13.5. The summed E-state index contributed by atoms with van der Waals surface area (Å²) in [6.07, 6.45) is 2.50. The highest BCUT2D eigenvalue weighted by molar-refractivity contribution is 6.06. The maximum atomic E-state index is 12.7. The highest BCUT2D eigenvalue weighted by Gasteiger charge is 2.60. The van der Waals surface area contributed by atoms with Gasteiger partial charge in [-0.2, -0.15) is 0 Å². The van der Waals surface area contributed by atoms with Crippen LogP contribution in [0.1, 0.15) is 53.9 Å². The number of nitrogens with zero attached hydrogens (tertiary/aromatic N) is 1. The van der Waals surface area contributed by atoms with Crippen LogP contribution in [0.4, 0.5) is 0 Å². The van der Waals surface area contributed by atoms with Crippen molar-refractivity contribution >= 4 is 17.8 Å². The van der Waals surface area contributed by atoms with Crippen LogP contribution in [-0.4, -0.2) is 33.3 Å². The van der Waals surface area contributed by atoms with Crippen molar-refractivity contribution in [3.05, 3.63) is 0 Å². The number of carboxylic acids is 1. The first kappa shape index (κ1) is 16.0. The van der Waals surface area contributed by atoms with Crippen molar-refractivity contribution in [2.45, 2.75) is 59.4 Å². The lowest BCUT2D eigenvalue weighted by Gasteiger charge is -2.44. The summed E-state index contributed by atoms with van der Waals surface area (Å²) >= 11 is 0. The van der Waals surface area contributed by atoms with E-state index in [0.717, 1.165) is 19.3 Å². The van der Waals surface area contributed by atoms with Crippen LogP contribution in [0.15, 0.2) is 0 Å². The molecule has 1 aliphatic heterocycles. The third-order valence-electron chi connectivity index (χ3n) is 5.94. The number of hydrogen-bond donors (Lipinski definition) is 1. The highest BCUT2D eigenvalue weighted by atomic mass is 16.4. The van der Waals surface area contributed by atoms with Crippen LogP contribution in [0.25, 0.3) is 0 Å². The average Bonchev–Trinajstić information content (AvgIpc) is 2.90. The van der Waals surface area contributed by atoms with Crippen molar-refractivity contribution in [2.24, 2.45) is 23.2 Å². The Labute approximate surface area is 125 Å². The summed E-state index contributed by atoms with van der Waals surface area (Å²) in [6, 6.07) is 0. The topological polar surface area (TPSA) is 74.7 Å². The molecule has 1 saturated heterocycles. The number of aliphatic carboxylic acids is 1. The van der Waals surface area contributed by atoms with E-state index in [0.29, 0.717) is 5.92 Å². The summed E-state index contributed by atoms with van der Waals surface area (Å²) in [5, 5.41) is 9.44. The molecule has 0 aromatic carbocycles. The Balaban J connectivity index is 2.33. The highest BCUT2D eigenvalue weighted by Crippen LogP contribution is 2.49. The molecule has 2 fully saturated rings. The Morgan fingerprint density at radius 1 is 1.14 bits per heavy atom. The number of imide groups is 1. The molecule has 5 heteroatoms. The molecule has 0 aromatic heterocycles. The Morgan fingerprint density at radius 2 is 1.57 bits per heavy atom. The molecule has 118 valence electrons. The molecular formula is C16H25NO4. The largest absolute Gasteiger partial charge is 0.481 e. The van der Waals surface area contributed by atoms with E-state index in [-0.39, 0.29) is 23.7 Å². The molecule has 1 saturated carbocycles. The first-order valence-corrected chi connectivity index (χ1v) is 7.67. The number of fused-ring (bicyclic) bond motifs is 1. The number of likely N-dealkylation sites (tertiary alicyclic amines) is 1. The maximum absolute atomic E-state index is 12.7. The second-order valence-corrected chi connectivity index (χ2v) is 7.46. The predicted octanol–water partition coefficient (Wildman–Crippen LogP) is 2.30. The number of hydrogen-bond acceptors (Lipinski definition) is 3. The van der Waals surface area contributed by atoms with Crippen molar-refractivity contribution in [2.75, 3.05) is 0 Å². The summed E-state index contributed by atoms with van der Waals surface area (Å²) < 4.78 is 0. The quantitative estimate of drug-likeness (QED) is 0.808. The van der Waals surface area contributed by atoms with E-state index in [1.54, 1.807) is 27.7 Å². The SMILES string of the molecule is CCC1CC2C(=O)N(C(C)(C)C(C)(C)C(=O)O)C(=O)C2C1. The fraction of sp³-hybridized carbons (Fsp3) is 0.812. The summed E-state index contributed by atoms with van der Waals surface area (Å²) in [5.74, 6) is -1.42. The van der Waals surface area contributed by atoms with Crippen LogP contribution in [0.3, 0.4) is 0 Å². The van der Waals surface area contributed by atoms with Gasteiger partial charge in [-0.15, -0.1) is 0 Å². The van der Waals surface area contributed by atoms with Crippen LogP contribution in [-0.2, 0) is 14.4 Å². The van der Waals surface area contributed by atoms with Gasteiger partial charge in [-0.1, -0.05) is 13.3 Å². The van der Waals surface area contributed by atoms with E-state index < -0.39 is 16.9 Å². The summed E-state index contributed by atoms with van der Waals surface area (Å²) in [5.41, 5.74) is -2.24. The lowest BCUT2D eigenvalue weighted by atomic mass is 9.73. The summed E-state index contributed by atoms with van der Waals surface area (Å²) in [4.78, 5) is 38.1. The first-order valence-electron chi connectivity index (χ1n) is 7.67. The van der Waals surface area contributed by atoms with Gasteiger partial charge in [0.25, 0.3) is 0 Å². The molecule has 0 bridgehead atoms. The van der Waals surface area contributed by atoms with E-state index in [1.165, 1.54) is 4.90 Å². The van der Waals surface area contributed by atoms with E-state index in [9.17, 15) is 19.5 Å². The van der Waals surface area contributed by atoms with Gasteiger partial charge in [0.1, 0.15) is 0 Å². The molecule has 2 atom stereocenters. The van der Waals surface area contributed by atoms with E-state index in [4.69, 9.17) is 0 Å².